The predicted octanol–water partition coefficient (Wildman–Crippen LogP) is 2.00. The van der Waals surface area contributed by atoms with E-state index in [-0.39, 0.29) is 30.4 Å². The normalized spacial score (nSPS) is 16.9. The number of benzene rings is 1. The van der Waals surface area contributed by atoms with E-state index in [2.05, 4.69) is 5.32 Å². The standard InChI is InChI=1S/C23H31N3O6/c1-23(2,3)32-19(28)12-14-31-13-6-8-15-7-5-9-16-20(15)25(4)22(30)26(16)17-10-11-18(27)24-21(17)29/h5,7,9,17H,6,8,10-14H2,1-4H3,(H,24,27,29). The fourth-order valence-electron chi connectivity index (χ4n) is 3.97. The number of esters is 1. The zero-order chi connectivity index (χ0) is 23.5. The summed E-state index contributed by atoms with van der Waals surface area (Å²) in [5.74, 6) is -1.04. The Labute approximate surface area is 186 Å². The smallest absolute Gasteiger partial charge is 0.329 e. The van der Waals surface area contributed by atoms with Gasteiger partial charge in [0.2, 0.25) is 11.8 Å². The zero-order valence-corrected chi connectivity index (χ0v) is 19.1. The first-order chi connectivity index (χ1) is 15.1. The molecule has 1 N–H and O–H groups in total. The highest BCUT2D eigenvalue weighted by atomic mass is 16.6. The number of nitrogens with one attached hydrogen (secondary N) is 1. The second-order valence-corrected chi connectivity index (χ2v) is 9.02. The van der Waals surface area contributed by atoms with Crippen molar-refractivity contribution >= 4 is 28.8 Å². The lowest BCUT2D eigenvalue weighted by Gasteiger charge is -2.22. The van der Waals surface area contributed by atoms with Crippen LogP contribution in [0.4, 0.5) is 0 Å². The van der Waals surface area contributed by atoms with Crippen molar-refractivity contribution in [2.24, 2.45) is 7.05 Å². The first-order valence-electron chi connectivity index (χ1n) is 10.9. The second-order valence-electron chi connectivity index (χ2n) is 9.02. The Bertz CT molecular complexity index is 1080. The monoisotopic (exact) mass is 445 g/mol. The van der Waals surface area contributed by atoms with Gasteiger partial charge in [0.15, 0.2) is 0 Å². The van der Waals surface area contributed by atoms with E-state index >= 15 is 0 Å². The quantitative estimate of drug-likeness (QED) is 0.378. The van der Waals surface area contributed by atoms with Crippen LogP contribution in [0.25, 0.3) is 11.0 Å². The Morgan fingerprint density at radius 3 is 2.62 bits per heavy atom. The summed E-state index contributed by atoms with van der Waals surface area (Å²) in [7, 11) is 1.69. The molecule has 0 saturated carbocycles. The van der Waals surface area contributed by atoms with Gasteiger partial charge >= 0.3 is 11.7 Å². The maximum atomic E-state index is 12.9. The minimum absolute atomic E-state index is 0.205. The SMILES string of the molecule is Cn1c(=O)n(C2CCC(=O)NC2=O)c2cccc(CCCOCCC(=O)OC(C)(C)C)c21. The van der Waals surface area contributed by atoms with Crippen LogP contribution in [0.3, 0.4) is 0 Å². The van der Waals surface area contributed by atoms with Gasteiger partial charge in [0, 0.05) is 20.1 Å². The van der Waals surface area contributed by atoms with Gasteiger partial charge in [0.1, 0.15) is 11.6 Å². The molecule has 2 aromatic rings. The lowest BCUT2D eigenvalue weighted by atomic mass is 10.0. The van der Waals surface area contributed by atoms with Gasteiger partial charge in [-0.2, -0.15) is 0 Å². The fourth-order valence-corrected chi connectivity index (χ4v) is 3.97. The number of imidazole rings is 1. The number of amides is 2. The van der Waals surface area contributed by atoms with Gasteiger partial charge in [-0.15, -0.1) is 0 Å². The average Bonchev–Trinajstić information content (AvgIpc) is 2.95. The molecule has 174 valence electrons. The van der Waals surface area contributed by atoms with Crippen LogP contribution in [0.15, 0.2) is 23.0 Å². The first-order valence-corrected chi connectivity index (χ1v) is 10.9. The molecule has 1 aliphatic heterocycles. The van der Waals surface area contributed by atoms with Crippen LogP contribution < -0.4 is 11.0 Å². The largest absolute Gasteiger partial charge is 0.460 e. The van der Waals surface area contributed by atoms with E-state index in [1.807, 2.05) is 39.0 Å². The van der Waals surface area contributed by atoms with Crippen LogP contribution >= 0.6 is 0 Å². The van der Waals surface area contributed by atoms with Crippen LogP contribution in [0.1, 0.15) is 58.1 Å². The van der Waals surface area contributed by atoms with Crippen molar-refractivity contribution < 1.29 is 23.9 Å². The summed E-state index contributed by atoms with van der Waals surface area (Å²) in [5.41, 5.74) is 1.64. The van der Waals surface area contributed by atoms with Crippen molar-refractivity contribution in [1.82, 2.24) is 14.5 Å². The van der Waals surface area contributed by atoms with Gasteiger partial charge in [0.05, 0.1) is 24.1 Å². The Morgan fingerprint density at radius 1 is 1.19 bits per heavy atom. The van der Waals surface area contributed by atoms with Gasteiger partial charge in [-0.25, -0.2) is 4.79 Å². The van der Waals surface area contributed by atoms with Crippen molar-refractivity contribution in [2.45, 2.75) is 64.5 Å². The minimum atomic E-state index is -0.699. The number of carbonyl (C=O) groups is 3. The molecule has 1 fully saturated rings. The molecule has 3 rings (SSSR count). The minimum Gasteiger partial charge on any atom is -0.460 e. The van der Waals surface area contributed by atoms with Crippen molar-refractivity contribution in [3.63, 3.8) is 0 Å². The third-order valence-electron chi connectivity index (χ3n) is 5.31. The molecule has 2 heterocycles. The van der Waals surface area contributed by atoms with Crippen LogP contribution in [0.2, 0.25) is 0 Å². The molecule has 2 amide bonds. The maximum Gasteiger partial charge on any atom is 0.329 e. The van der Waals surface area contributed by atoms with Crippen LogP contribution in [0.5, 0.6) is 0 Å². The number of hydrogen-bond acceptors (Lipinski definition) is 6. The summed E-state index contributed by atoms with van der Waals surface area (Å²) in [6, 6.07) is 4.94. The Hall–Kier alpha value is -2.94. The summed E-state index contributed by atoms with van der Waals surface area (Å²) >= 11 is 0. The number of aromatic nitrogens is 2. The van der Waals surface area contributed by atoms with E-state index in [1.165, 1.54) is 4.57 Å². The molecule has 1 atom stereocenters. The van der Waals surface area contributed by atoms with E-state index in [9.17, 15) is 19.2 Å². The summed E-state index contributed by atoms with van der Waals surface area (Å²) in [5, 5.41) is 2.32. The maximum absolute atomic E-state index is 12.9. The number of piperidine rings is 1. The third kappa shape index (κ3) is 5.45. The number of nitrogens with zero attached hydrogens (tertiary/aromatic N) is 2. The molecule has 1 saturated heterocycles. The molecule has 0 radical (unpaired) electrons. The lowest BCUT2D eigenvalue weighted by Crippen LogP contribution is -2.44. The van der Waals surface area contributed by atoms with Crippen LogP contribution in [0, 0.1) is 0 Å². The van der Waals surface area contributed by atoms with Gasteiger partial charge < -0.3 is 9.47 Å². The molecule has 0 bridgehead atoms. The molecule has 0 aliphatic carbocycles. The molecule has 9 heteroatoms. The summed E-state index contributed by atoms with van der Waals surface area (Å²) < 4.78 is 13.9. The molecule has 32 heavy (non-hydrogen) atoms. The number of imide groups is 1. The molecule has 0 spiro atoms. The van der Waals surface area contributed by atoms with Gasteiger partial charge in [-0.1, -0.05) is 12.1 Å². The highest BCUT2D eigenvalue weighted by molar-refractivity contribution is 6.00. The van der Waals surface area contributed by atoms with E-state index in [0.717, 1.165) is 11.1 Å². The van der Waals surface area contributed by atoms with Crippen molar-refractivity contribution in [3.05, 3.63) is 34.2 Å². The van der Waals surface area contributed by atoms with Crippen LogP contribution in [-0.4, -0.2) is 45.7 Å². The fraction of sp³-hybridized carbons (Fsp3) is 0.565. The zero-order valence-electron chi connectivity index (χ0n) is 19.1. The van der Waals surface area contributed by atoms with Gasteiger partial charge in [0.25, 0.3) is 0 Å². The molecule has 1 aromatic heterocycles. The van der Waals surface area contributed by atoms with E-state index in [4.69, 9.17) is 9.47 Å². The summed E-state index contributed by atoms with van der Waals surface area (Å²) in [4.78, 5) is 48.5. The molecule has 9 nitrogen and oxygen atoms in total. The molecule has 1 aliphatic rings. The second kappa shape index (κ2) is 9.68. The van der Waals surface area contributed by atoms with Crippen LogP contribution in [-0.2, 0) is 37.3 Å². The topological polar surface area (TPSA) is 109 Å². The van der Waals surface area contributed by atoms with Crippen molar-refractivity contribution in [2.75, 3.05) is 13.2 Å². The number of ether oxygens (including phenoxy) is 2. The molecular formula is C23H31N3O6. The van der Waals surface area contributed by atoms with Gasteiger partial charge in [-0.3, -0.25) is 28.8 Å². The Balaban J connectivity index is 1.64. The molecule has 1 aromatic carbocycles. The van der Waals surface area contributed by atoms with Gasteiger partial charge in [-0.05, 0) is 51.7 Å². The highest BCUT2D eigenvalue weighted by Gasteiger charge is 2.31. The third-order valence-corrected chi connectivity index (χ3v) is 5.31. The number of aryl methyl sites for hydroxylation is 2. The highest BCUT2D eigenvalue weighted by Crippen LogP contribution is 2.25. The number of fused-ring (bicyclic) bond motifs is 1. The Morgan fingerprint density at radius 2 is 1.94 bits per heavy atom. The summed E-state index contributed by atoms with van der Waals surface area (Å²) in [6.45, 7) is 6.25. The Kier molecular flexibility index (Phi) is 7.18. The molecular weight excluding hydrogens is 414 g/mol. The molecule has 1 unspecified atom stereocenters. The van der Waals surface area contributed by atoms with E-state index < -0.39 is 17.6 Å². The van der Waals surface area contributed by atoms with Crippen molar-refractivity contribution in [3.8, 4) is 0 Å². The number of rotatable bonds is 8. The van der Waals surface area contributed by atoms with Crippen molar-refractivity contribution in [1.29, 1.82) is 0 Å². The lowest BCUT2D eigenvalue weighted by molar-refractivity contribution is -0.156. The number of hydrogen-bond donors (Lipinski definition) is 1. The first kappa shape index (κ1) is 23.7. The average molecular weight is 446 g/mol. The number of para-hydroxylation sites is 1. The summed E-state index contributed by atoms with van der Waals surface area (Å²) in [6.07, 6.45) is 2.11. The number of carbonyl (C=O) groups excluding carboxylic acids is 3. The van der Waals surface area contributed by atoms with E-state index in [1.54, 1.807) is 11.6 Å². The van der Waals surface area contributed by atoms with E-state index in [0.29, 0.717) is 38.0 Å². The predicted molar refractivity (Wildman–Crippen MR) is 118 cm³/mol.